The van der Waals surface area contributed by atoms with Gasteiger partial charge in [-0.3, -0.25) is 14.3 Å². The highest BCUT2D eigenvalue weighted by Gasteiger charge is 2.66. The molecule has 2 aliphatic rings. The van der Waals surface area contributed by atoms with Crippen molar-refractivity contribution in [2.75, 3.05) is 31.0 Å². The Morgan fingerprint density at radius 3 is 2.39 bits per heavy atom. The quantitative estimate of drug-likeness (QED) is 0.183. The van der Waals surface area contributed by atoms with E-state index in [1.54, 1.807) is 54.3 Å². The van der Waals surface area contributed by atoms with E-state index in [-0.39, 0.29) is 36.4 Å². The van der Waals surface area contributed by atoms with Crippen LogP contribution in [0.4, 0.5) is 11.4 Å². The molecule has 4 aromatic rings. The fraction of sp³-hybridized carbons (Fsp3) is 0.389. The fourth-order valence-electron chi connectivity index (χ4n) is 7.37. The van der Waals surface area contributed by atoms with E-state index in [1.807, 2.05) is 62.5 Å². The lowest BCUT2D eigenvalue weighted by atomic mass is 9.82. The molecule has 0 saturated carbocycles. The number of carbonyl (C=O) groups excluding carboxylic acids is 2. The average Bonchev–Trinajstić information content (AvgIpc) is 3.74. The number of ether oxygens (including phenoxy) is 3. The van der Waals surface area contributed by atoms with Crippen LogP contribution in [-0.4, -0.2) is 72.0 Å². The van der Waals surface area contributed by atoms with Gasteiger partial charge in [-0.15, -0.1) is 5.10 Å². The first-order chi connectivity index (χ1) is 23.5. The van der Waals surface area contributed by atoms with E-state index < -0.39 is 20.0 Å². The molecular weight excluding hydrogens is 643 g/mol. The summed E-state index contributed by atoms with van der Waals surface area (Å²) in [4.78, 5) is 40.9. The summed E-state index contributed by atoms with van der Waals surface area (Å²) >= 11 is 0. The van der Waals surface area contributed by atoms with Gasteiger partial charge in [0.05, 0.1) is 38.2 Å². The lowest BCUT2D eigenvalue weighted by Crippen LogP contribution is -2.46. The summed E-state index contributed by atoms with van der Waals surface area (Å²) in [5, 5.41) is 20.5. The lowest BCUT2D eigenvalue weighted by molar-refractivity contribution is -0.146. The van der Waals surface area contributed by atoms with Crippen LogP contribution in [0.1, 0.15) is 40.5 Å². The van der Waals surface area contributed by atoms with Crippen molar-refractivity contribution in [3.05, 3.63) is 95.3 Å². The van der Waals surface area contributed by atoms with Crippen molar-refractivity contribution < 1.29 is 33.7 Å². The maximum Gasteiger partial charge on any atom is 0.264 e. The van der Waals surface area contributed by atoms with Gasteiger partial charge in [-0.05, 0) is 79.7 Å². The number of hydrogen-bond acceptors (Lipinski definition) is 9. The number of benzene rings is 3. The molecule has 1 spiro atoms. The largest absolute Gasteiger partial charge is 0.497 e. The smallest absolute Gasteiger partial charge is 0.264 e. The number of nitrogens with zero attached hydrogens (tertiary/aromatic N) is 4. The molecule has 3 aromatic carbocycles. The highest BCUT2D eigenvalue weighted by molar-refractivity contribution is 6.71. The monoisotopic (exact) mass is 685 g/mol. The van der Waals surface area contributed by atoms with E-state index in [4.69, 9.17) is 14.2 Å². The third-order valence-electron chi connectivity index (χ3n) is 9.69. The van der Waals surface area contributed by atoms with Gasteiger partial charge in [0.15, 0.2) is 13.9 Å². The maximum absolute atomic E-state index is 14.8. The second kappa shape index (κ2) is 13.7. The van der Waals surface area contributed by atoms with E-state index in [0.717, 1.165) is 16.8 Å². The molecule has 1 fully saturated rings. The van der Waals surface area contributed by atoms with Crippen molar-refractivity contribution in [3.8, 4) is 11.5 Å². The van der Waals surface area contributed by atoms with Crippen LogP contribution in [0.3, 0.4) is 0 Å². The zero-order valence-corrected chi connectivity index (χ0v) is 29.4. The molecule has 2 amide bonds. The van der Waals surface area contributed by atoms with Gasteiger partial charge in [0, 0.05) is 54.0 Å². The normalized spacial score (nSPS) is 21.7. The SMILES string of the molecule is COc1ccc(C(=O)Nc2ccc(CN3C(=O)[C@@]4(O[C@@H](CCn5cc(CCO)nn5)[C@H]([Si](C)(C)O)[C@H]4C)c4cc(OC)ccc43)cc2)cc1. The summed E-state index contributed by atoms with van der Waals surface area (Å²) in [6.07, 6.45) is 2.33. The van der Waals surface area contributed by atoms with Gasteiger partial charge in [-0.25, -0.2) is 0 Å². The van der Waals surface area contributed by atoms with Crippen molar-refractivity contribution in [2.24, 2.45) is 5.92 Å². The number of rotatable bonds is 12. The average molecular weight is 686 g/mol. The van der Waals surface area contributed by atoms with Crippen LogP contribution in [0.15, 0.2) is 72.9 Å². The Kier molecular flexibility index (Phi) is 9.62. The first kappa shape index (κ1) is 34.3. The summed E-state index contributed by atoms with van der Waals surface area (Å²) in [6, 6.07) is 19.9. The molecule has 0 bridgehead atoms. The maximum atomic E-state index is 14.8. The van der Waals surface area contributed by atoms with Crippen LogP contribution >= 0.6 is 0 Å². The van der Waals surface area contributed by atoms with Crippen LogP contribution in [-0.2, 0) is 34.6 Å². The second-order valence-corrected chi connectivity index (χ2v) is 17.2. The summed E-state index contributed by atoms with van der Waals surface area (Å²) in [6.45, 7) is 6.56. The molecule has 3 N–H and O–H groups in total. The number of carbonyl (C=O) groups is 2. The Balaban J connectivity index is 1.25. The first-order valence-electron chi connectivity index (χ1n) is 16.4. The van der Waals surface area contributed by atoms with E-state index in [0.29, 0.717) is 47.8 Å². The predicted molar refractivity (Wildman–Crippen MR) is 186 cm³/mol. The second-order valence-electron chi connectivity index (χ2n) is 13.2. The number of fused-ring (bicyclic) bond motifs is 2. The van der Waals surface area contributed by atoms with Gasteiger partial charge in [-0.1, -0.05) is 24.3 Å². The molecule has 12 nitrogen and oxygen atoms in total. The number of anilines is 2. The molecule has 1 aromatic heterocycles. The van der Waals surface area contributed by atoms with Crippen molar-refractivity contribution in [1.29, 1.82) is 0 Å². The van der Waals surface area contributed by atoms with E-state index in [1.165, 1.54) is 0 Å². The number of nitrogens with one attached hydrogen (secondary N) is 1. The minimum absolute atomic E-state index is 0.0103. The highest BCUT2D eigenvalue weighted by Crippen LogP contribution is 2.60. The number of aliphatic hydroxyl groups excluding tert-OH is 1. The third kappa shape index (κ3) is 6.58. The Labute approximate surface area is 286 Å². The standard InChI is InChI=1S/C36H43N5O7Si/c1-23-33(49(4,5)45)32(16-18-40-22-27(17-19-42)38-39-40)48-36(23)30-20-29(47-3)14-15-31(30)41(35(36)44)21-24-6-10-26(11-7-24)37-34(43)25-8-12-28(46-2)13-9-25/h6-15,20,22-23,32-33,42,45H,16-19,21H2,1-5H3,(H,37,43)/t23-,32+,33-,36+/m1/s1. The molecule has 258 valence electrons. The highest BCUT2D eigenvalue weighted by atomic mass is 28.4. The van der Waals surface area contributed by atoms with Crippen molar-refractivity contribution in [2.45, 2.75) is 63.2 Å². The number of aryl methyl sites for hydroxylation is 1. The molecule has 13 heteroatoms. The molecule has 49 heavy (non-hydrogen) atoms. The molecule has 1 saturated heterocycles. The fourth-order valence-corrected chi connectivity index (χ4v) is 9.97. The van der Waals surface area contributed by atoms with Gasteiger partial charge in [0.2, 0.25) is 0 Å². The first-order valence-corrected chi connectivity index (χ1v) is 19.5. The van der Waals surface area contributed by atoms with Crippen LogP contribution in [0.2, 0.25) is 18.6 Å². The van der Waals surface area contributed by atoms with E-state index in [2.05, 4.69) is 15.6 Å². The zero-order chi connectivity index (χ0) is 34.9. The molecule has 0 aliphatic carbocycles. The Morgan fingerprint density at radius 2 is 1.73 bits per heavy atom. The van der Waals surface area contributed by atoms with Crippen molar-refractivity contribution in [1.82, 2.24) is 15.0 Å². The Morgan fingerprint density at radius 1 is 1.04 bits per heavy atom. The van der Waals surface area contributed by atoms with Gasteiger partial charge in [0.1, 0.15) is 11.5 Å². The molecule has 0 unspecified atom stereocenters. The summed E-state index contributed by atoms with van der Waals surface area (Å²) < 4.78 is 19.4. The van der Waals surface area contributed by atoms with E-state index in [9.17, 15) is 19.5 Å². The topological polar surface area (TPSA) is 148 Å². The van der Waals surface area contributed by atoms with Crippen LogP contribution < -0.4 is 19.7 Å². The molecule has 0 radical (unpaired) electrons. The van der Waals surface area contributed by atoms with Crippen LogP contribution in [0, 0.1) is 5.92 Å². The van der Waals surface area contributed by atoms with Gasteiger partial charge < -0.3 is 34.3 Å². The van der Waals surface area contributed by atoms with Gasteiger partial charge in [-0.2, -0.15) is 0 Å². The van der Waals surface area contributed by atoms with Crippen LogP contribution in [0.25, 0.3) is 0 Å². The minimum atomic E-state index is -2.85. The summed E-state index contributed by atoms with van der Waals surface area (Å²) in [5.41, 5.74) is 2.60. The predicted octanol–water partition coefficient (Wildman–Crippen LogP) is 4.52. The van der Waals surface area contributed by atoms with Gasteiger partial charge >= 0.3 is 0 Å². The lowest BCUT2D eigenvalue weighted by Gasteiger charge is -2.32. The Hall–Kier alpha value is -4.56. The van der Waals surface area contributed by atoms with Crippen molar-refractivity contribution >= 4 is 31.5 Å². The number of aromatic nitrogens is 3. The van der Waals surface area contributed by atoms with Crippen molar-refractivity contribution in [3.63, 3.8) is 0 Å². The Bertz CT molecular complexity index is 1810. The molecule has 3 heterocycles. The molecule has 2 aliphatic heterocycles. The van der Waals surface area contributed by atoms with E-state index >= 15 is 0 Å². The minimum Gasteiger partial charge on any atom is -0.497 e. The molecule has 6 rings (SSSR count). The number of aliphatic hydroxyl groups is 1. The molecular formula is C36H43N5O7Si. The number of methoxy groups -OCH3 is 2. The summed E-state index contributed by atoms with van der Waals surface area (Å²) in [7, 11) is 0.315. The summed E-state index contributed by atoms with van der Waals surface area (Å²) in [5.74, 6) is 0.529. The van der Waals surface area contributed by atoms with Gasteiger partial charge in [0.25, 0.3) is 11.8 Å². The third-order valence-corrected chi connectivity index (χ3v) is 12.2. The molecule has 4 atom stereocenters. The number of amides is 2. The number of hydrogen-bond donors (Lipinski definition) is 3. The zero-order valence-electron chi connectivity index (χ0n) is 28.4. The van der Waals surface area contributed by atoms with Crippen LogP contribution in [0.5, 0.6) is 11.5 Å².